The summed E-state index contributed by atoms with van der Waals surface area (Å²) in [5.41, 5.74) is 6.13. The molecular weight excluding hydrogens is 336 g/mol. The molecule has 0 atom stereocenters. The Balaban J connectivity index is 1.82. The van der Waals surface area contributed by atoms with E-state index in [4.69, 9.17) is 10.5 Å². The average Bonchev–Trinajstić information content (AvgIpc) is 2.65. The van der Waals surface area contributed by atoms with Crippen LogP contribution in [0, 0.1) is 12.3 Å². The maximum atomic E-state index is 10.9. The van der Waals surface area contributed by atoms with Crippen LogP contribution < -0.4 is 0 Å². The fourth-order valence-electron chi connectivity index (χ4n) is 3.30. The van der Waals surface area contributed by atoms with Crippen LogP contribution in [0.2, 0.25) is 0 Å². The first-order valence-corrected chi connectivity index (χ1v) is 9.28. The van der Waals surface area contributed by atoms with Gasteiger partial charge in [-0.05, 0) is 61.6 Å². The molecule has 0 saturated carbocycles. The summed E-state index contributed by atoms with van der Waals surface area (Å²) in [5.74, 6) is -0.901. The van der Waals surface area contributed by atoms with Crippen molar-refractivity contribution in [1.29, 1.82) is 5.41 Å². The molecule has 4 heteroatoms. The molecule has 2 aromatic carbocycles. The Morgan fingerprint density at radius 2 is 1.70 bits per heavy atom. The lowest BCUT2D eigenvalue weighted by atomic mass is 9.97. The van der Waals surface area contributed by atoms with Crippen LogP contribution in [0.4, 0.5) is 0 Å². The van der Waals surface area contributed by atoms with Crippen LogP contribution >= 0.6 is 0 Å². The number of carboxylic acids is 1. The van der Waals surface area contributed by atoms with Crippen LogP contribution in [0.5, 0.6) is 0 Å². The van der Waals surface area contributed by atoms with Gasteiger partial charge in [-0.15, -0.1) is 0 Å². The van der Waals surface area contributed by atoms with Crippen molar-refractivity contribution in [3.63, 3.8) is 0 Å². The number of aromatic nitrogens is 1. The molecule has 138 valence electrons. The summed E-state index contributed by atoms with van der Waals surface area (Å²) >= 11 is 0. The van der Waals surface area contributed by atoms with Crippen LogP contribution in [-0.4, -0.2) is 21.8 Å². The Morgan fingerprint density at radius 3 is 2.37 bits per heavy atom. The zero-order valence-electron chi connectivity index (χ0n) is 15.7. The molecule has 0 spiro atoms. The fraction of sp³-hybridized carbons (Fsp3) is 0.261. The lowest BCUT2D eigenvalue weighted by Crippen LogP contribution is -2.02. The Hall–Kier alpha value is -3.01. The minimum atomic E-state index is -0.901. The van der Waals surface area contributed by atoms with Crippen LogP contribution in [0.1, 0.15) is 52.5 Å². The van der Waals surface area contributed by atoms with E-state index < -0.39 is 5.97 Å². The van der Waals surface area contributed by atoms with Gasteiger partial charge in [0, 0.05) is 22.4 Å². The number of hydrogen-bond donors (Lipinski definition) is 2. The first-order valence-electron chi connectivity index (χ1n) is 9.28. The highest BCUT2D eigenvalue weighted by Gasteiger charge is 2.09. The van der Waals surface area contributed by atoms with Crippen molar-refractivity contribution in [3.05, 3.63) is 76.5 Å². The molecule has 0 bridgehead atoms. The zero-order chi connectivity index (χ0) is 19.4. The van der Waals surface area contributed by atoms with Crippen molar-refractivity contribution in [2.24, 2.45) is 0 Å². The van der Waals surface area contributed by atoms with Gasteiger partial charge >= 0.3 is 5.97 Å². The summed E-state index contributed by atoms with van der Waals surface area (Å²) in [6, 6.07) is 15.3. The van der Waals surface area contributed by atoms with Crippen molar-refractivity contribution in [3.8, 4) is 0 Å². The largest absolute Gasteiger partial charge is 0.478 e. The van der Waals surface area contributed by atoms with Crippen molar-refractivity contribution in [1.82, 2.24) is 4.98 Å². The Kier molecular flexibility index (Phi) is 5.65. The molecule has 3 rings (SSSR count). The number of nitrogens with one attached hydrogen (secondary N) is 1. The summed E-state index contributed by atoms with van der Waals surface area (Å²) in [6.45, 7) is 4.06. The van der Waals surface area contributed by atoms with E-state index in [-0.39, 0.29) is 0 Å². The van der Waals surface area contributed by atoms with Gasteiger partial charge in [0.2, 0.25) is 0 Å². The SMILES string of the molecule is CCCC(=N)c1cc(C)nc2cc(CCc3ccc(C(=O)O)cc3)ccc12. The quantitative estimate of drug-likeness (QED) is 0.569. The zero-order valence-corrected chi connectivity index (χ0v) is 15.7. The molecule has 0 fully saturated rings. The first-order chi connectivity index (χ1) is 13.0. The Bertz CT molecular complexity index is 991. The van der Waals surface area contributed by atoms with Gasteiger partial charge in [0.15, 0.2) is 0 Å². The second-order valence-corrected chi connectivity index (χ2v) is 6.89. The highest BCUT2D eigenvalue weighted by Crippen LogP contribution is 2.22. The average molecular weight is 360 g/mol. The number of pyridine rings is 1. The minimum absolute atomic E-state index is 0.311. The number of fused-ring (bicyclic) bond motifs is 1. The summed E-state index contributed by atoms with van der Waals surface area (Å²) in [7, 11) is 0. The highest BCUT2D eigenvalue weighted by atomic mass is 16.4. The van der Waals surface area contributed by atoms with Crippen LogP contribution in [0.15, 0.2) is 48.5 Å². The van der Waals surface area contributed by atoms with Gasteiger partial charge in [-0.2, -0.15) is 0 Å². The second kappa shape index (κ2) is 8.12. The van der Waals surface area contributed by atoms with E-state index >= 15 is 0 Å². The summed E-state index contributed by atoms with van der Waals surface area (Å²) in [5, 5.41) is 18.3. The van der Waals surface area contributed by atoms with E-state index in [9.17, 15) is 4.79 Å². The molecule has 2 N–H and O–H groups in total. The van der Waals surface area contributed by atoms with Crippen molar-refractivity contribution in [2.45, 2.75) is 39.5 Å². The smallest absolute Gasteiger partial charge is 0.335 e. The molecule has 0 saturated heterocycles. The molecule has 0 aliphatic carbocycles. The van der Waals surface area contributed by atoms with Crippen molar-refractivity contribution in [2.75, 3.05) is 0 Å². The first kappa shape index (κ1) is 18.8. The van der Waals surface area contributed by atoms with Gasteiger partial charge in [-0.1, -0.05) is 37.6 Å². The molecule has 0 radical (unpaired) electrons. The van der Waals surface area contributed by atoms with Crippen LogP contribution in [-0.2, 0) is 12.8 Å². The molecule has 4 nitrogen and oxygen atoms in total. The number of hydrogen-bond acceptors (Lipinski definition) is 3. The lowest BCUT2D eigenvalue weighted by Gasteiger charge is -2.10. The maximum absolute atomic E-state index is 10.9. The Labute approximate surface area is 159 Å². The molecule has 0 amide bonds. The summed E-state index contributed by atoms with van der Waals surface area (Å²) < 4.78 is 0. The van der Waals surface area contributed by atoms with Gasteiger partial charge in [-0.25, -0.2) is 4.79 Å². The molecule has 1 heterocycles. The molecule has 0 aliphatic rings. The highest BCUT2D eigenvalue weighted by molar-refractivity contribution is 6.08. The van der Waals surface area contributed by atoms with Crippen molar-refractivity contribution >= 4 is 22.6 Å². The number of carbonyl (C=O) groups is 1. The predicted molar refractivity (Wildman–Crippen MR) is 109 cm³/mol. The number of aromatic carboxylic acids is 1. The van der Waals surface area contributed by atoms with Gasteiger partial charge in [0.05, 0.1) is 11.1 Å². The van der Waals surface area contributed by atoms with E-state index in [1.54, 1.807) is 12.1 Å². The fourth-order valence-corrected chi connectivity index (χ4v) is 3.30. The molecule has 0 unspecified atom stereocenters. The lowest BCUT2D eigenvalue weighted by molar-refractivity contribution is 0.0697. The topological polar surface area (TPSA) is 74.0 Å². The third-order valence-corrected chi connectivity index (χ3v) is 4.73. The molecule has 27 heavy (non-hydrogen) atoms. The number of nitrogens with zero attached hydrogens (tertiary/aromatic N) is 1. The third-order valence-electron chi connectivity index (χ3n) is 4.73. The van der Waals surface area contributed by atoms with Gasteiger partial charge in [0.25, 0.3) is 0 Å². The van der Waals surface area contributed by atoms with Crippen LogP contribution in [0.25, 0.3) is 10.9 Å². The number of benzene rings is 2. The van der Waals surface area contributed by atoms with E-state index in [0.29, 0.717) is 11.3 Å². The number of carboxylic acid groups (broad SMARTS) is 1. The molecule has 0 aliphatic heterocycles. The monoisotopic (exact) mass is 360 g/mol. The Morgan fingerprint density at radius 1 is 1.04 bits per heavy atom. The summed E-state index contributed by atoms with van der Waals surface area (Å²) in [4.78, 5) is 15.6. The van der Waals surface area contributed by atoms with E-state index in [1.807, 2.05) is 25.1 Å². The normalized spacial score (nSPS) is 10.9. The molecular formula is C23H24N2O2. The standard InChI is InChI=1S/C23H24N2O2/c1-3-4-21(24)20-13-15(2)25-22-14-17(9-12-19(20)22)6-5-16-7-10-18(11-8-16)23(26)27/h7-14,24H,3-6H2,1-2H3,(H,26,27). The predicted octanol–water partition coefficient (Wildman–Crippen LogP) is 5.19. The van der Waals surface area contributed by atoms with Gasteiger partial charge in [-0.3, -0.25) is 4.98 Å². The molecule has 3 aromatic rings. The molecule has 1 aromatic heterocycles. The number of rotatable bonds is 7. The third kappa shape index (κ3) is 4.40. The number of aryl methyl sites for hydroxylation is 3. The maximum Gasteiger partial charge on any atom is 0.335 e. The summed E-state index contributed by atoms with van der Waals surface area (Å²) in [6.07, 6.45) is 3.43. The van der Waals surface area contributed by atoms with Crippen molar-refractivity contribution < 1.29 is 9.90 Å². The second-order valence-electron chi connectivity index (χ2n) is 6.89. The minimum Gasteiger partial charge on any atom is -0.478 e. The van der Waals surface area contributed by atoms with Gasteiger partial charge < -0.3 is 10.5 Å². The van der Waals surface area contributed by atoms with E-state index in [1.165, 1.54) is 5.56 Å². The van der Waals surface area contributed by atoms with Crippen LogP contribution in [0.3, 0.4) is 0 Å². The van der Waals surface area contributed by atoms with E-state index in [0.717, 1.165) is 53.4 Å². The van der Waals surface area contributed by atoms with E-state index in [2.05, 4.69) is 30.1 Å². The van der Waals surface area contributed by atoms with Gasteiger partial charge in [0.1, 0.15) is 0 Å².